The second-order valence-corrected chi connectivity index (χ2v) is 6.73. The van der Waals surface area contributed by atoms with Gasteiger partial charge in [0.2, 0.25) is 0 Å². The van der Waals surface area contributed by atoms with Crippen LogP contribution in [0.2, 0.25) is 0 Å². The SMILES string of the molecule is CCC(CC)(CNC(=O)c1ccc(-c2cccs2)nc1C)C(=O)O. The highest BCUT2D eigenvalue weighted by Gasteiger charge is 2.35. The summed E-state index contributed by atoms with van der Waals surface area (Å²) < 4.78 is 0. The molecule has 128 valence electrons. The standard InChI is InChI=1S/C18H22N2O3S/c1-4-18(5-2,17(22)23)11-19-16(21)13-8-9-14(20-12(13)3)15-7-6-10-24-15/h6-10H,4-5,11H2,1-3H3,(H,19,21)(H,22,23). The number of amides is 1. The lowest BCUT2D eigenvalue weighted by molar-refractivity contribution is -0.149. The zero-order chi connectivity index (χ0) is 17.7. The van der Waals surface area contributed by atoms with E-state index in [9.17, 15) is 14.7 Å². The number of carboxylic acids is 1. The van der Waals surface area contributed by atoms with Gasteiger partial charge in [0.25, 0.3) is 5.91 Å². The molecule has 2 aromatic rings. The number of pyridine rings is 1. The summed E-state index contributed by atoms with van der Waals surface area (Å²) >= 11 is 1.59. The molecule has 0 bridgehead atoms. The minimum Gasteiger partial charge on any atom is -0.481 e. The molecule has 2 aromatic heterocycles. The van der Waals surface area contributed by atoms with E-state index in [4.69, 9.17) is 0 Å². The van der Waals surface area contributed by atoms with E-state index in [2.05, 4.69) is 10.3 Å². The first-order valence-electron chi connectivity index (χ1n) is 7.96. The van der Waals surface area contributed by atoms with Gasteiger partial charge in [0.05, 0.1) is 27.2 Å². The lowest BCUT2D eigenvalue weighted by Gasteiger charge is -2.26. The van der Waals surface area contributed by atoms with Crippen LogP contribution < -0.4 is 5.32 Å². The summed E-state index contributed by atoms with van der Waals surface area (Å²) in [7, 11) is 0. The van der Waals surface area contributed by atoms with Crippen molar-refractivity contribution in [1.82, 2.24) is 10.3 Å². The van der Waals surface area contributed by atoms with Gasteiger partial charge in [-0.25, -0.2) is 0 Å². The molecule has 2 N–H and O–H groups in total. The van der Waals surface area contributed by atoms with E-state index >= 15 is 0 Å². The molecule has 1 amide bonds. The fourth-order valence-electron chi connectivity index (χ4n) is 2.59. The van der Waals surface area contributed by atoms with Crippen molar-refractivity contribution >= 4 is 23.2 Å². The molecule has 0 saturated carbocycles. The summed E-state index contributed by atoms with van der Waals surface area (Å²) in [6.07, 6.45) is 0.932. The predicted molar refractivity (Wildman–Crippen MR) is 95.3 cm³/mol. The van der Waals surface area contributed by atoms with Crippen LogP contribution in [-0.2, 0) is 4.79 Å². The maximum Gasteiger partial charge on any atom is 0.311 e. The normalized spacial score (nSPS) is 11.3. The van der Waals surface area contributed by atoms with Crippen LogP contribution in [0.25, 0.3) is 10.6 Å². The second-order valence-electron chi connectivity index (χ2n) is 5.78. The van der Waals surface area contributed by atoms with Crippen LogP contribution in [0.4, 0.5) is 0 Å². The summed E-state index contributed by atoms with van der Waals surface area (Å²) in [5.74, 6) is -1.17. The zero-order valence-electron chi connectivity index (χ0n) is 14.1. The Balaban J connectivity index is 2.14. The molecule has 0 aromatic carbocycles. The first-order chi connectivity index (χ1) is 11.4. The van der Waals surface area contributed by atoms with Gasteiger partial charge in [-0.05, 0) is 43.3 Å². The van der Waals surface area contributed by atoms with Crippen LogP contribution in [0.3, 0.4) is 0 Å². The number of aryl methyl sites for hydroxylation is 1. The minimum absolute atomic E-state index is 0.111. The van der Waals surface area contributed by atoms with Gasteiger partial charge in [0.1, 0.15) is 0 Å². The van der Waals surface area contributed by atoms with Gasteiger partial charge >= 0.3 is 5.97 Å². The summed E-state index contributed by atoms with van der Waals surface area (Å²) in [5.41, 5.74) is 1.02. The topological polar surface area (TPSA) is 79.3 Å². The highest BCUT2D eigenvalue weighted by molar-refractivity contribution is 7.13. The molecule has 0 aliphatic rings. The predicted octanol–water partition coefficient (Wildman–Crippen LogP) is 3.74. The number of hydrogen-bond donors (Lipinski definition) is 2. The van der Waals surface area contributed by atoms with Crippen LogP contribution >= 0.6 is 11.3 Å². The summed E-state index contributed by atoms with van der Waals surface area (Å²) in [5, 5.41) is 14.2. The molecule has 2 heterocycles. The van der Waals surface area contributed by atoms with Crippen LogP contribution in [0, 0.1) is 12.3 Å². The van der Waals surface area contributed by atoms with Gasteiger partial charge in [0.15, 0.2) is 0 Å². The van der Waals surface area contributed by atoms with Crippen molar-refractivity contribution in [3.8, 4) is 10.6 Å². The number of rotatable bonds is 7. The van der Waals surface area contributed by atoms with Gasteiger partial charge in [-0.2, -0.15) is 0 Å². The third-order valence-electron chi connectivity index (χ3n) is 4.50. The average Bonchev–Trinajstić information content (AvgIpc) is 3.10. The Kier molecular flexibility index (Phi) is 5.72. The third-order valence-corrected chi connectivity index (χ3v) is 5.39. The number of nitrogens with zero attached hydrogens (tertiary/aromatic N) is 1. The molecule has 0 radical (unpaired) electrons. The highest BCUT2D eigenvalue weighted by atomic mass is 32.1. The van der Waals surface area contributed by atoms with E-state index in [1.165, 1.54) is 0 Å². The Morgan fingerprint density at radius 2 is 1.96 bits per heavy atom. The lowest BCUT2D eigenvalue weighted by atomic mass is 9.82. The molecule has 5 nitrogen and oxygen atoms in total. The number of nitrogens with one attached hydrogen (secondary N) is 1. The molecule has 24 heavy (non-hydrogen) atoms. The number of aromatic nitrogens is 1. The number of aliphatic carboxylic acids is 1. The molecular weight excluding hydrogens is 324 g/mol. The Hall–Kier alpha value is -2.21. The van der Waals surface area contributed by atoms with E-state index in [1.54, 1.807) is 24.3 Å². The number of carbonyl (C=O) groups excluding carboxylic acids is 1. The molecular formula is C18H22N2O3S. The molecule has 0 aliphatic heterocycles. The van der Waals surface area contributed by atoms with Gasteiger partial charge in [-0.3, -0.25) is 14.6 Å². The minimum atomic E-state index is -0.923. The summed E-state index contributed by atoms with van der Waals surface area (Å²) in [4.78, 5) is 29.5. The van der Waals surface area contributed by atoms with E-state index in [0.29, 0.717) is 24.1 Å². The van der Waals surface area contributed by atoms with Crippen LogP contribution in [0.1, 0.15) is 42.7 Å². The first kappa shape index (κ1) is 18.1. The molecule has 2 rings (SSSR count). The Bertz CT molecular complexity index is 722. The fraction of sp³-hybridized carbons (Fsp3) is 0.389. The van der Waals surface area contributed by atoms with E-state index in [1.807, 2.05) is 37.4 Å². The van der Waals surface area contributed by atoms with Crippen molar-refractivity contribution in [2.75, 3.05) is 6.54 Å². The van der Waals surface area contributed by atoms with Crippen molar-refractivity contribution in [2.24, 2.45) is 5.41 Å². The van der Waals surface area contributed by atoms with Gasteiger partial charge in [-0.15, -0.1) is 11.3 Å². The smallest absolute Gasteiger partial charge is 0.311 e. The number of carbonyl (C=O) groups is 2. The van der Waals surface area contributed by atoms with Crippen LogP contribution in [0.15, 0.2) is 29.6 Å². The van der Waals surface area contributed by atoms with E-state index in [0.717, 1.165) is 10.6 Å². The maximum absolute atomic E-state index is 12.4. The monoisotopic (exact) mass is 346 g/mol. The molecule has 6 heteroatoms. The Morgan fingerprint density at radius 1 is 1.25 bits per heavy atom. The first-order valence-corrected chi connectivity index (χ1v) is 8.84. The van der Waals surface area contributed by atoms with Crippen LogP contribution in [0.5, 0.6) is 0 Å². The largest absolute Gasteiger partial charge is 0.481 e. The van der Waals surface area contributed by atoms with E-state index < -0.39 is 11.4 Å². The summed E-state index contributed by atoms with van der Waals surface area (Å²) in [6, 6.07) is 7.50. The van der Waals surface area contributed by atoms with E-state index in [-0.39, 0.29) is 12.5 Å². The number of carboxylic acid groups (broad SMARTS) is 1. The van der Waals surface area contributed by atoms with Crippen LogP contribution in [-0.4, -0.2) is 28.5 Å². The molecule has 0 atom stereocenters. The molecule has 0 saturated heterocycles. The van der Waals surface area contributed by atoms with Gasteiger partial charge in [0, 0.05) is 6.54 Å². The van der Waals surface area contributed by atoms with Crippen molar-refractivity contribution in [3.63, 3.8) is 0 Å². The maximum atomic E-state index is 12.4. The number of hydrogen-bond acceptors (Lipinski definition) is 4. The molecule has 0 spiro atoms. The van der Waals surface area contributed by atoms with Crippen molar-refractivity contribution < 1.29 is 14.7 Å². The Labute approximate surface area is 145 Å². The zero-order valence-corrected chi connectivity index (χ0v) is 14.9. The summed E-state index contributed by atoms with van der Waals surface area (Å²) in [6.45, 7) is 5.55. The fourth-order valence-corrected chi connectivity index (χ4v) is 3.28. The number of thiophene rings is 1. The quantitative estimate of drug-likeness (QED) is 0.800. The van der Waals surface area contributed by atoms with Gasteiger partial charge in [-0.1, -0.05) is 19.9 Å². The van der Waals surface area contributed by atoms with Crippen molar-refractivity contribution in [1.29, 1.82) is 0 Å². The Morgan fingerprint density at radius 3 is 2.46 bits per heavy atom. The lowest BCUT2D eigenvalue weighted by Crippen LogP contribution is -2.42. The molecule has 0 aliphatic carbocycles. The average molecular weight is 346 g/mol. The van der Waals surface area contributed by atoms with Gasteiger partial charge < -0.3 is 10.4 Å². The van der Waals surface area contributed by atoms with Crippen molar-refractivity contribution in [3.05, 3.63) is 40.9 Å². The molecule has 0 unspecified atom stereocenters. The third kappa shape index (κ3) is 3.64. The highest BCUT2D eigenvalue weighted by Crippen LogP contribution is 2.26. The molecule has 0 fully saturated rings. The van der Waals surface area contributed by atoms with Crippen molar-refractivity contribution in [2.45, 2.75) is 33.6 Å². The second kappa shape index (κ2) is 7.57.